The molecule has 3 aromatic rings. The fourth-order valence-corrected chi connectivity index (χ4v) is 8.12. The maximum absolute atomic E-state index is 13.3. The monoisotopic (exact) mass is 461 g/mol. The van der Waals surface area contributed by atoms with Crippen molar-refractivity contribution in [2.24, 2.45) is 28.6 Å². The lowest BCUT2D eigenvalue weighted by Gasteiger charge is -2.49. The molecule has 3 bridgehead atoms. The average molecular weight is 462 g/mol. The third-order valence-corrected chi connectivity index (χ3v) is 9.09. The van der Waals surface area contributed by atoms with Crippen molar-refractivity contribution >= 4 is 17.5 Å². The number of aliphatic carboxylic acids is 1. The minimum absolute atomic E-state index is 0.0715. The zero-order chi connectivity index (χ0) is 23.1. The molecule has 0 saturated heterocycles. The third-order valence-electron chi connectivity index (χ3n) is 9.09. The van der Waals surface area contributed by atoms with E-state index in [1.807, 2.05) is 24.4 Å². The van der Waals surface area contributed by atoms with Crippen LogP contribution in [0.1, 0.15) is 60.5 Å². The predicted molar refractivity (Wildman–Crippen MR) is 119 cm³/mol. The van der Waals surface area contributed by atoms with Crippen LogP contribution < -0.4 is 5.32 Å². The highest BCUT2D eigenvalue weighted by Gasteiger charge is 2.70. The Bertz CT molecular complexity index is 1330. The number of carboxylic acids is 1. The number of carbonyl (C=O) groups is 2. The number of carboxylic acid groups (broad SMARTS) is 1. The Kier molecular flexibility index (Phi) is 4.06. The number of rotatable bonds is 7. The topological polar surface area (TPSA) is 127 Å². The first-order valence-electron chi connectivity index (χ1n) is 12.2. The second kappa shape index (κ2) is 6.86. The van der Waals surface area contributed by atoms with Crippen molar-refractivity contribution in [3.05, 3.63) is 41.6 Å². The SMILES string of the molecule is O=C(O)Cc1nnn(Cc2cn3c(C(=O)NCC45CC6CC7CC(C4)C7(C6)C5)cccc3n2)n1. The Morgan fingerprint density at radius 3 is 2.97 bits per heavy atom. The summed E-state index contributed by atoms with van der Waals surface area (Å²) in [5, 5.41) is 23.9. The molecule has 4 saturated carbocycles. The minimum atomic E-state index is -1.01. The van der Waals surface area contributed by atoms with Crippen molar-refractivity contribution in [1.82, 2.24) is 34.9 Å². The van der Waals surface area contributed by atoms with Crippen molar-refractivity contribution in [2.75, 3.05) is 6.54 Å². The lowest BCUT2D eigenvalue weighted by molar-refractivity contribution is -0.136. The van der Waals surface area contributed by atoms with Gasteiger partial charge in [0.2, 0.25) is 0 Å². The van der Waals surface area contributed by atoms with Gasteiger partial charge in [-0.2, -0.15) is 4.80 Å². The number of hydrogen-bond donors (Lipinski definition) is 2. The molecule has 0 aromatic carbocycles. The van der Waals surface area contributed by atoms with E-state index < -0.39 is 5.97 Å². The van der Waals surface area contributed by atoms with E-state index >= 15 is 0 Å². The number of hydrogen-bond acceptors (Lipinski definition) is 6. The average Bonchev–Trinajstić information content (AvgIpc) is 3.49. The smallest absolute Gasteiger partial charge is 0.311 e. The van der Waals surface area contributed by atoms with E-state index in [1.165, 1.54) is 43.3 Å². The Hall–Kier alpha value is -3.30. The molecule has 5 unspecified atom stereocenters. The van der Waals surface area contributed by atoms with Crippen LogP contribution in [0.3, 0.4) is 0 Å². The zero-order valence-electron chi connectivity index (χ0n) is 18.9. The number of tetrazole rings is 1. The van der Waals surface area contributed by atoms with Gasteiger partial charge in [-0.15, -0.1) is 10.2 Å². The van der Waals surface area contributed by atoms with E-state index in [1.54, 1.807) is 4.40 Å². The van der Waals surface area contributed by atoms with E-state index in [4.69, 9.17) is 5.11 Å². The molecular weight excluding hydrogens is 434 g/mol. The first-order chi connectivity index (χ1) is 16.4. The highest BCUT2D eigenvalue weighted by molar-refractivity contribution is 5.93. The Morgan fingerprint density at radius 1 is 1.18 bits per heavy atom. The van der Waals surface area contributed by atoms with Gasteiger partial charge < -0.3 is 10.4 Å². The third kappa shape index (κ3) is 2.93. The van der Waals surface area contributed by atoms with Gasteiger partial charge >= 0.3 is 5.97 Å². The minimum Gasteiger partial charge on any atom is -0.481 e. The van der Waals surface area contributed by atoms with Crippen molar-refractivity contribution in [2.45, 2.75) is 51.5 Å². The van der Waals surface area contributed by atoms with Crippen molar-refractivity contribution in [3.8, 4) is 0 Å². The maximum atomic E-state index is 13.3. The molecule has 10 heteroatoms. The number of carbonyl (C=O) groups excluding carboxylic acids is 1. The molecule has 34 heavy (non-hydrogen) atoms. The van der Waals surface area contributed by atoms with Crippen molar-refractivity contribution in [1.29, 1.82) is 0 Å². The molecule has 3 aromatic heterocycles. The number of nitrogens with one attached hydrogen (secondary N) is 1. The van der Waals surface area contributed by atoms with Gasteiger partial charge in [-0.1, -0.05) is 6.07 Å². The summed E-state index contributed by atoms with van der Waals surface area (Å²) >= 11 is 0. The lowest BCUT2D eigenvalue weighted by Crippen LogP contribution is -2.43. The van der Waals surface area contributed by atoms with Crippen LogP contribution in [-0.4, -0.2) is 53.1 Å². The molecule has 4 aliphatic carbocycles. The molecule has 176 valence electrons. The molecule has 0 aliphatic heterocycles. The largest absolute Gasteiger partial charge is 0.481 e. The molecule has 3 heterocycles. The maximum Gasteiger partial charge on any atom is 0.311 e. The number of nitrogens with zero attached hydrogens (tertiary/aromatic N) is 6. The van der Waals surface area contributed by atoms with E-state index in [0.717, 1.165) is 24.3 Å². The van der Waals surface area contributed by atoms with Gasteiger partial charge in [-0.25, -0.2) is 4.98 Å². The number of imidazole rings is 1. The van der Waals surface area contributed by atoms with Gasteiger partial charge in [-0.05, 0) is 84.5 Å². The van der Waals surface area contributed by atoms with Crippen LogP contribution in [-0.2, 0) is 17.8 Å². The summed E-state index contributed by atoms with van der Waals surface area (Å²) in [5.74, 6) is 1.79. The summed E-state index contributed by atoms with van der Waals surface area (Å²) in [4.78, 5) is 30.0. The number of pyridine rings is 1. The predicted octanol–water partition coefficient (Wildman–Crippen LogP) is 1.94. The molecular formula is C24H27N7O3. The van der Waals surface area contributed by atoms with Crippen LogP contribution in [0.4, 0.5) is 0 Å². The summed E-state index contributed by atoms with van der Waals surface area (Å²) < 4.78 is 1.80. The summed E-state index contributed by atoms with van der Waals surface area (Å²) in [5.41, 5.74) is 2.80. The van der Waals surface area contributed by atoms with Gasteiger partial charge in [0, 0.05) is 12.7 Å². The standard InChI is InChI=1S/C24H27N7O3/c32-21(33)6-19-27-29-31(28-19)11-17-10-30-18(2-1-3-20(30)26-17)22(34)25-13-23-7-14-4-15-5-16(9-23)24(15,8-14)12-23/h1-3,10,14-16H,4-9,11-13H2,(H,25,34)(H,32,33). The molecule has 1 amide bonds. The summed E-state index contributed by atoms with van der Waals surface area (Å²) in [7, 11) is 0. The first kappa shape index (κ1) is 20.1. The van der Waals surface area contributed by atoms with Gasteiger partial charge in [0.15, 0.2) is 5.82 Å². The second-order valence-corrected chi connectivity index (χ2v) is 11.1. The summed E-state index contributed by atoms with van der Waals surface area (Å²) in [6.45, 7) is 1.00. The highest BCUT2D eigenvalue weighted by atomic mass is 16.4. The van der Waals surface area contributed by atoms with E-state index in [9.17, 15) is 9.59 Å². The molecule has 4 aliphatic rings. The molecule has 0 radical (unpaired) electrons. The van der Waals surface area contributed by atoms with E-state index in [2.05, 4.69) is 25.7 Å². The molecule has 7 rings (SSSR count). The molecule has 1 spiro atoms. The summed E-state index contributed by atoms with van der Waals surface area (Å²) in [6, 6.07) is 5.52. The molecule has 5 atom stereocenters. The van der Waals surface area contributed by atoms with Crippen molar-refractivity contribution in [3.63, 3.8) is 0 Å². The molecule has 10 nitrogen and oxygen atoms in total. The van der Waals surface area contributed by atoms with Crippen LogP contribution in [0, 0.1) is 28.6 Å². The Morgan fingerprint density at radius 2 is 2.09 bits per heavy atom. The first-order valence-corrected chi connectivity index (χ1v) is 12.2. The highest BCUT2D eigenvalue weighted by Crippen LogP contribution is 2.78. The fraction of sp³-hybridized carbons (Fsp3) is 0.583. The normalized spacial score (nSPS) is 32.6. The van der Waals surface area contributed by atoms with Crippen LogP contribution in [0.15, 0.2) is 24.4 Å². The summed E-state index contributed by atoms with van der Waals surface area (Å²) in [6.07, 6.45) is 9.67. The van der Waals surface area contributed by atoms with Crippen LogP contribution in [0.25, 0.3) is 5.65 Å². The number of aromatic nitrogens is 6. The molecule has 2 N–H and O–H groups in total. The van der Waals surface area contributed by atoms with Crippen LogP contribution in [0.5, 0.6) is 0 Å². The number of amides is 1. The van der Waals surface area contributed by atoms with Gasteiger partial charge in [0.1, 0.15) is 24.3 Å². The van der Waals surface area contributed by atoms with E-state index in [0.29, 0.717) is 22.5 Å². The van der Waals surface area contributed by atoms with Crippen LogP contribution in [0.2, 0.25) is 0 Å². The van der Waals surface area contributed by atoms with Gasteiger partial charge in [0.05, 0.1) is 5.69 Å². The van der Waals surface area contributed by atoms with Crippen molar-refractivity contribution < 1.29 is 14.7 Å². The second-order valence-electron chi connectivity index (χ2n) is 11.1. The number of fused-ring (bicyclic) bond motifs is 3. The van der Waals surface area contributed by atoms with Crippen LogP contribution >= 0.6 is 0 Å². The Balaban J connectivity index is 1.08. The Labute approximate surface area is 195 Å². The zero-order valence-corrected chi connectivity index (χ0v) is 18.9. The van der Waals surface area contributed by atoms with Gasteiger partial charge in [0.25, 0.3) is 5.91 Å². The lowest BCUT2D eigenvalue weighted by atomic mass is 9.55. The van der Waals surface area contributed by atoms with Gasteiger partial charge in [-0.3, -0.25) is 14.0 Å². The fourth-order valence-electron chi connectivity index (χ4n) is 8.12. The van der Waals surface area contributed by atoms with E-state index in [-0.39, 0.29) is 30.1 Å². The molecule has 4 fully saturated rings. The quantitative estimate of drug-likeness (QED) is 0.550.